The third kappa shape index (κ3) is 17.6. The van der Waals surface area contributed by atoms with Crippen LogP contribution < -0.4 is 49.5 Å². The number of carboxylic acid groups (broad SMARTS) is 1. The van der Waals surface area contributed by atoms with E-state index in [1.165, 1.54) is 28.9 Å². The molecule has 2 aromatic carbocycles. The minimum atomic E-state index is -1.47. The fourth-order valence-electron chi connectivity index (χ4n) is 8.51. The van der Waals surface area contributed by atoms with Crippen LogP contribution in [0.5, 0.6) is 5.75 Å². The van der Waals surface area contributed by atoms with Gasteiger partial charge in [0.25, 0.3) is 0 Å². The first-order valence-electron chi connectivity index (χ1n) is 23.9. The molecule has 8 atom stereocenters. The van der Waals surface area contributed by atoms with Crippen LogP contribution in [0.15, 0.2) is 59.6 Å². The van der Waals surface area contributed by atoms with Gasteiger partial charge in [0, 0.05) is 38.9 Å². The molecule has 2 heterocycles. The Bertz CT molecular complexity index is 2220. The molecule has 2 aliphatic heterocycles. The van der Waals surface area contributed by atoms with E-state index < -0.39 is 108 Å². The molecule has 0 saturated carbocycles. The van der Waals surface area contributed by atoms with Gasteiger partial charge in [-0.05, 0) is 87.5 Å². The number of rotatable bonds is 26. The Kier molecular flexibility index (Phi) is 21.6. The molecule has 0 spiro atoms. The summed E-state index contributed by atoms with van der Waals surface area (Å²) < 4.78 is 0. The highest BCUT2D eigenvalue weighted by molar-refractivity contribution is 5.98. The number of aromatic hydroxyl groups is 1. The van der Waals surface area contributed by atoms with Crippen molar-refractivity contribution in [3.05, 3.63) is 65.7 Å². The fraction of sp³-hybridized carbons (Fsp3) is 0.542. The Morgan fingerprint density at radius 3 is 1.87 bits per heavy atom. The van der Waals surface area contributed by atoms with E-state index in [9.17, 15) is 53.4 Å². The number of carbonyl (C=O) groups excluding carboxylic acids is 8. The lowest BCUT2D eigenvalue weighted by molar-refractivity contribution is -0.148. The smallest absolute Gasteiger partial charge is 0.303 e. The van der Waals surface area contributed by atoms with Gasteiger partial charge in [-0.2, -0.15) is 0 Å². The molecule has 2 saturated heterocycles. The number of hydrogen-bond acceptors (Lipinski definition) is 12. The number of carboxylic acids is 1. The third-order valence-corrected chi connectivity index (χ3v) is 12.3. The van der Waals surface area contributed by atoms with Gasteiger partial charge in [0.15, 0.2) is 5.96 Å². The van der Waals surface area contributed by atoms with Crippen LogP contribution >= 0.6 is 0 Å². The van der Waals surface area contributed by atoms with Gasteiger partial charge in [0.05, 0.1) is 6.04 Å². The third-order valence-electron chi connectivity index (χ3n) is 12.3. The molecule has 0 aliphatic carbocycles. The number of amides is 8. The van der Waals surface area contributed by atoms with Crippen LogP contribution in [0.25, 0.3) is 0 Å². The van der Waals surface area contributed by atoms with Crippen LogP contribution in [0, 0.1) is 5.92 Å². The molecule has 0 aromatic heterocycles. The van der Waals surface area contributed by atoms with Crippen molar-refractivity contribution in [2.24, 2.45) is 33.8 Å². The summed E-state index contributed by atoms with van der Waals surface area (Å²) in [4.78, 5) is 128. The van der Waals surface area contributed by atoms with Crippen molar-refractivity contribution < 1.29 is 53.4 Å². The Morgan fingerprint density at radius 1 is 0.676 bits per heavy atom. The summed E-state index contributed by atoms with van der Waals surface area (Å²) in [6, 6.07) is 5.71. The molecule has 8 amide bonds. The highest BCUT2D eigenvalue weighted by atomic mass is 16.4. The first-order chi connectivity index (χ1) is 33.6. The zero-order valence-electron chi connectivity index (χ0n) is 40.5. The number of benzene rings is 2. The van der Waals surface area contributed by atoms with Gasteiger partial charge in [-0.25, -0.2) is 0 Å². The molecule has 15 N–H and O–H groups in total. The Hall–Kier alpha value is -7.30. The van der Waals surface area contributed by atoms with Crippen molar-refractivity contribution >= 4 is 59.2 Å². The predicted octanol–water partition coefficient (Wildman–Crippen LogP) is -1.62. The maximum absolute atomic E-state index is 14.4. The first kappa shape index (κ1) is 56.3. The van der Waals surface area contributed by atoms with Crippen LogP contribution in [0.1, 0.15) is 89.7 Å². The second-order valence-corrected chi connectivity index (χ2v) is 18.4. The molecule has 2 aromatic rings. The number of nitrogens with one attached hydrogen (secondary N) is 5. The van der Waals surface area contributed by atoms with Gasteiger partial charge in [-0.1, -0.05) is 56.3 Å². The molecule has 0 radical (unpaired) electrons. The number of likely N-dealkylation sites (tertiary alicyclic amines) is 2. The molecule has 4 rings (SSSR count). The molecule has 388 valence electrons. The van der Waals surface area contributed by atoms with Crippen molar-refractivity contribution in [1.29, 1.82) is 0 Å². The minimum absolute atomic E-state index is 0.00322. The van der Waals surface area contributed by atoms with Crippen molar-refractivity contribution in [1.82, 2.24) is 36.4 Å². The molecule has 2 fully saturated rings. The second kappa shape index (κ2) is 27.2. The summed E-state index contributed by atoms with van der Waals surface area (Å²) >= 11 is 0. The van der Waals surface area contributed by atoms with Gasteiger partial charge >= 0.3 is 5.97 Å². The molecule has 71 heavy (non-hydrogen) atoms. The fourth-order valence-corrected chi connectivity index (χ4v) is 8.51. The van der Waals surface area contributed by atoms with E-state index >= 15 is 0 Å². The van der Waals surface area contributed by atoms with Crippen molar-refractivity contribution in [2.45, 2.75) is 140 Å². The summed E-state index contributed by atoms with van der Waals surface area (Å²) in [6.45, 7) is 5.56. The van der Waals surface area contributed by atoms with E-state index in [0.717, 1.165) is 5.56 Å². The number of phenols is 1. The average molecular weight is 991 g/mol. The van der Waals surface area contributed by atoms with E-state index in [1.54, 1.807) is 36.4 Å². The summed E-state index contributed by atoms with van der Waals surface area (Å²) in [5, 5.41) is 32.2. The van der Waals surface area contributed by atoms with Gasteiger partial charge in [-0.3, -0.25) is 48.1 Å². The second-order valence-electron chi connectivity index (χ2n) is 18.4. The molecular formula is C48H70N12O11. The van der Waals surface area contributed by atoms with Gasteiger partial charge in [0.2, 0.25) is 47.3 Å². The van der Waals surface area contributed by atoms with Gasteiger partial charge < -0.3 is 69.5 Å². The maximum atomic E-state index is 14.4. The average Bonchev–Trinajstić information content (AvgIpc) is 4.03. The van der Waals surface area contributed by atoms with Gasteiger partial charge in [-0.15, -0.1) is 0 Å². The van der Waals surface area contributed by atoms with Crippen LogP contribution in [-0.2, 0) is 56.0 Å². The highest BCUT2D eigenvalue weighted by Gasteiger charge is 2.44. The number of hydrogen-bond donors (Lipinski definition) is 11. The van der Waals surface area contributed by atoms with Crippen LogP contribution in [0.2, 0.25) is 0 Å². The Labute approximate surface area is 412 Å². The number of aliphatic imine (C=N–C) groups is 1. The number of phenolic OH excluding ortho intramolecular Hbond substituents is 1. The van der Waals surface area contributed by atoms with E-state index in [2.05, 4.69) is 31.6 Å². The SMILES string of the molecule is CC(C)C[C@H](NC(=O)[C@H](C)NC(=O)[C@H](CCC(=O)O)NC(=O)[C@@H]1CCCN1C(=O)[C@H]1CCCN1C(=O)[C@H](Cc1ccccc1)NC(=O)[C@@H](N)CCCN=C(N)N)C(=O)N[C@@H](Cc1ccc(O)cc1)C(N)=O. The van der Waals surface area contributed by atoms with Gasteiger partial charge in [0.1, 0.15) is 48.0 Å². The topological polar surface area (TPSA) is 377 Å². The number of guanidine groups is 1. The monoisotopic (exact) mass is 991 g/mol. The minimum Gasteiger partial charge on any atom is -0.508 e. The lowest BCUT2D eigenvalue weighted by Gasteiger charge is -2.33. The highest BCUT2D eigenvalue weighted by Crippen LogP contribution is 2.26. The summed E-state index contributed by atoms with van der Waals surface area (Å²) in [5.74, 6) is -7.06. The largest absolute Gasteiger partial charge is 0.508 e. The first-order valence-corrected chi connectivity index (χ1v) is 23.9. The van der Waals surface area contributed by atoms with Crippen molar-refractivity contribution in [3.63, 3.8) is 0 Å². The molecule has 2 aliphatic rings. The van der Waals surface area contributed by atoms with Crippen LogP contribution in [-0.4, -0.2) is 147 Å². The van der Waals surface area contributed by atoms with Crippen LogP contribution in [0.3, 0.4) is 0 Å². The maximum Gasteiger partial charge on any atom is 0.303 e. The van der Waals surface area contributed by atoms with E-state index in [4.69, 9.17) is 22.9 Å². The molecule has 0 bridgehead atoms. The van der Waals surface area contributed by atoms with E-state index in [-0.39, 0.29) is 82.2 Å². The summed E-state index contributed by atoms with van der Waals surface area (Å²) in [6.07, 6.45) is 1.30. The lowest BCUT2D eigenvalue weighted by Crippen LogP contribution is -2.59. The Morgan fingerprint density at radius 2 is 1.25 bits per heavy atom. The van der Waals surface area contributed by atoms with Crippen LogP contribution in [0.4, 0.5) is 0 Å². The molecular weight excluding hydrogens is 921 g/mol. The van der Waals surface area contributed by atoms with Crippen molar-refractivity contribution in [3.8, 4) is 5.75 Å². The summed E-state index contributed by atoms with van der Waals surface area (Å²) in [7, 11) is 0. The lowest BCUT2D eigenvalue weighted by atomic mass is 10.0. The Balaban J connectivity index is 1.43. The number of carbonyl (C=O) groups is 9. The number of nitrogens with two attached hydrogens (primary N) is 4. The number of primary amides is 1. The quantitative estimate of drug-likeness (QED) is 0.0287. The normalized spacial score (nSPS) is 17.9. The van der Waals surface area contributed by atoms with Crippen molar-refractivity contribution in [2.75, 3.05) is 19.6 Å². The number of nitrogens with zero attached hydrogens (tertiary/aromatic N) is 3. The zero-order valence-corrected chi connectivity index (χ0v) is 40.5. The predicted molar refractivity (Wildman–Crippen MR) is 260 cm³/mol. The standard InChI is InChI=1S/C48H70N12O11/c1-27(2)24-35(44(68)56-34(40(50)64)25-30-15-17-31(61)18-16-30)57-41(65)28(3)54-43(67)33(19-20-39(62)63)55-45(69)37-13-8-22-59(37)47(71)38-14-9-23-60(38)46(70)36(26-29-10-5-4-6-11-29)58-42(66)32(49)12-7-21-53-48(51)52/h4-6,10-11,15-18,27-28,32-38,61H,7-9,12-14,19-26,49H2,1-3H3,(H2,50,64)(H,54,67)(H,55,69)(H,56,68)(H,57,65)(H,58,66)(H,62,63)(H4,51,52,53)/t28-,32-,33-,34-,35-,36-,37-,38+/m0/s1. The molecule has 0 unspecified atom stereocenters. The van der Waals surface area contributed by atoms with E-state index in [0.29, 0.717) is 24.8 Å². The molecule has 23 heteroatoms. The number of aliphatic carboxylic acids is 1. The zero-order chi connectivity index (χ0) is 52.4. The molecule has 23 nitrogen and oxygen atoms in total. The van der Waals surface area contributed by atoms with E-state index in [1.807, 2.05) is 19.9 Å². The summed E-state index contributed by atoms with van der Waals surface area (Å²) in [5.41, 5.74) is 23.9.